The van der Waals surface area contributed by atoms with Crippen LogP contribution in [0.4, 0.5) is 19.0 Å². The molecule has 1 aromatic carbocycles. The number of alkyl halides is 3. The van der Waals surface area contributed by atoms with Crippen LogP contribution in [0, 0.1) is 0 Å². The molecule has 5 heterocycles. The Morgan fingerprint density at radius 1 is 0.946 bits per heavy atom. The van der Waals surface area contributed by atoms with Gasteiger partial charge in [0.05, 0.1) is 48.4 Å². The van der Waals surface area contributed by atoms with Gasteiger partial charge in [-0.1, -0.05) is 35.9 Å². The lowest BCUT2D eigenvalue weighted by Crippen LogP contribution is -2.44. The molecule has 3 aliphatic rings. The van der Waals surface area contributed by atoms with E-state index in [4.69, 9.17) is 26.1 Å². The number of hydrogen-bond acceptors (Lipinski definition) is 10. The van der Waals surface area contributed by atoms with Crippen molar-refractivity contribution in [3.05, 3.63) is 81.5 Å². The molecule has 2 aliphatic heterocycles. The molecule has 1 aliphatic carbocycles. The topological polar surface area (TPSA) is 143 Å². The standard InChI is InChI=1S/C40H44ClF3N8O4/c1-22(53)52-17-14-25(15-18-52)46-20-23-7-9-32(49-38(23)55-2)29-13-16-45-36(35(29)41)28-6-4-5-27-26(28)8-10-31(27)48-37-30(40(42,43)44)19-24(39(51-37)56-3)21-47-33-11-12-34(54)50-33/h4-7,9,13,16,19,25,31,33,46-47H,8,10-12,14-15,17-18,20-21H2,1-3H3,(H,48,51)(H,50,54)/t31-,33+/m1/s1. The van der Waals surface area contributed by atoms with Crippen molar-refractivity contribution in [1.82, 2.24) is 35.8 Å². The molecule has 4 aromatic rings. The number of fused-ring (bicyclic) bond motifs is 1. The number of nitrogens with zero attached hydrogens (tertiary/aromatic N) is 4. The first-order valence-electron chi connectivity index (χ1n) is 18.7. The Balaban J connectivity index is 1.11. The molecule has 0 saturated carbocycles. The molecule has 56 heavy (non-hydrogen) atoms. The number of carbonyl (C=O) groups excluding carboxylic acids is 2. The number of ether oxygens (including phenoxy) is 2. The van der Waals surface area contributed by atoms with E-state index in [2.05, 4.69) is 31.2 Å². The highest BCUT2D eigenvalue weighted by molar-refractivity contribution is 6.35. The lowest BCUT2D eigenvalue weighted by molar-refractivity contribution is -0.137. The average molecular weight is 793 g/mol. The van der Waals surface area contributed by atoms with Crippen molar-refractivity contribution < 1.29 is 32.2 Å². The first-order valence-corrected chi connectivity index (χ1v) is 19.1. The average Bonchev–Trinajstić information content (AvgIpc) is 3.81. The zero-order valence-electron chi connectivity index (χ0n) is 31.4. The van der Waals surface area contributed by atoms with Gasteiger partial charge in [-0.3, -0.25) is 19.9 Å². The van der Waals surface area contributed by atoms with E-state index in [0.717, 1.165) is 54.3 Å². The molecule has 296 valence electrons. The second kappa shape index (κ2) is 16.6. The summed E-state index contributed by atoms with van der Waals surface area (Å²) in [6.45, 7) is 3.64. The summed E-state index contributed by atoms with van der Waals surface area (Å²) in [5.41, 5.74) is 4.54. The molecule has 12 nitrogen and oxygen atoms in total. The SMILES string of the molecule is COc1nc(-c2ccnc(-c3cccc4c3CC[C@H]4Nc3nc(OC)c(CN[C@@H]4CCC(=O)N4)cc3C(F)(F)F)c2Cl)ccc1CNC1CCN(C(C)=O)CC1. The van der Waals surface area contributed by atoms with Crippen molar-refractivity contribution in [1.29, 1.82) is 0 Å². The number of pyridine rings is 3. The fraction of sp³-hybridized carbons (Fsp3) is 0.425. The van der Waals surface area contributed by atoms with Crippen molar-refractivity contribution in [2.45, 2.75) is 83.0 Å². The number of aromatic nitrogens is 3. The highest BCUT2D eigenvalue weighted by Gasteiger charge is 2.38. The van der Waals surface area contributed by atoms with Crippen LogP contribution in [0.15, 0.2) is 48.7 Å². The molecule has 16 heteroatoms. The number of benzene rings is 1. The van der Waals surface area contributed by atoms with Crippen LogP contribution >= 0.6 is 11.6 Å². The summed E-state index contributed by atoms with van der Waals surface area (Å²) in [4.78, 5) is 38.9. The maximum absolute atomic E-state index is 14.5. The molecular formula is C40H44ClF3N8O4. The van der Waals surface area contributed by atoms with Gasteiger partial charge in [0, 0.05) is 74.0 Å². The van der Waals surface area contributed by atoms with Crippen molar-refractivity contribution in [3.63, 3.8) is 0 Å². The third kappa shape index (κ3) is 8.39. The number of carbonyl (C=O) groups is 2. The maximum atomic E-state index is 14.5. The highest BCUT2D eigenvalue weighted by atomic mass is 35.5. The number of piperidine rings is 1. The van der Waals surface area contributed by atoms with Crippen LogP contribution < -0.4 is 30.7 Å². The predicted molar refractivity (Wildman–Crippen MR) is 205 cm³/mol. The number of halogens is 4. The number of nitrogens with one attached hydrogen (secondary N) is 4. The molecule has 0 bridgehead atoms. The van der Waals surface area contributed by atoms with Gasteiger partial charge in [0.2, 0.25) is 23.6 Å². The second-order valence-corrected chi connectivity index (χ2v) is 14.6. The van der Waals surface area contributed by atoms with Crippen molar-refractivity contribution in [2.75, 3.05) is 32.6 Å². The minimum Gasteiger partial charge on any atom is -0.481 e. The van der Waals surface area contributed by atoms with E-state index in [1.807, 2.05) is 35.2 Å². The number of anilines is 1. The van der Waals surface area contributed by atoms with E-state index in [0.29, 0.717) is 60.1 Å². The molecule has 0 spiro atoms. The minimum absolute atomic E-state index is 0.0279. The van der Waals surface area contributed by atoms with Gasteiger partial charge in [-0.25, -0.2) is 4.98 Å². The molecule has 2 fully saturated rings. The van der Waals surface area contributed by atoms with Crippen LogP contribution in [0.2, 0.25) is 5.02 Å². The Hall–Kier alpha value is -4.99. The summed E-state index contributed by atoms with van der Waals surface area (Å²) in [5.74, 6) is 0.184. The molecule has 0 radical (unpaired) electrons. The number of rotatable bonds is 12. The van der Waals surface area contributed by atoms with Crippen LogP contribution in [0.25, 0.3) is 22.5 Å². The maximum Gasteiger partial charge on any atom is 0.419 e. The molecule has 7 rings (SSSR count). The summed E-state index contributed by atoms with van der Waals surface area (Å²) in [6.07, 6.45) is 0.356. The molecule has 0 unspecified atom stereocenters. The van der Waals surface area contributed by atoms with Gasteiger partial charge < -0.3 is 30.3 Å². The van der Waals surface area contributed by atoms with E-state index in [-0.39, 0.29) is 47.8 Å². The summed E-state index contributed by atoms with van der Waals surface area (Å²) in [6, 6.07) is 12.2. The predicted octanol–water partition coefficient (Wildman–Crippen LogP) is 6.42. The number of methoxy groups -OCH3 is 2. The van der Waals surface area contributed by atoms with Crippen molar-refractivity contribution in [3.8, 4) is 34.3 Å². The normalized spacial score (nSPS) is 18.5. The van der Waals surface area contributed by atoms with Gasteiger partial charge >= 0.3 is 6.18 Å². The van der Waals surface area contributed by atoms with Gasteiger partial charge in [-0.15, -0.1) is 0 Å². The summed E-state index contributed by atoms with van der Waals surface area (Å²) in [7, 11) is 2.94. The third-order valence-electron chi connectivity index (χ3n) is 10.8. The molecule has 2 saturated heterocycles. The lowest BCUT2D eigenvalue weighted by atomic mass is 9.98. The fourth-order valence-electron chi connectivity index (χ4n) is 7.77. The highest BCUT2D eigenvalue weighted by Crippen LogP contribution is 2.44. The number of hydrogen-bond donors (Lipinski definition) is 4. The quantitative estimate of drug-likeness (QED) is 0.127. The van der Waals surface area contributed by atoms with Gasteiger partial charge in [-0.2, -0.15) is 18.2 Å². The monoisotopic (exact) mass is 792 g/mol. The Kier molecular flexibility index (Phi) is 11.7. The lowest BCUT2D eigenvalue weighted by Gasteiger charge is -2.31. The summed E-state index contributed by atoms with van der Waals surface area (Å²) in [5, 5.41) is 12.9. The molecular weight excluding hydrogens is 749 g/mol. The van der Waals surface area contributed by atoms with Gasteiger partial charge in [0.25, 0.3) is 0 Å². The smallest absolute Gasteiger partial charge is 0.419 e. The third-order valence-corrected chi connectivity index (χ3v) is 11.1. The van der Waals surface area contributed by atoms with Gasteiger partial charge in [-0.05, 0) is 61.4 Å². The van der Waals surface area contributed by atoms with Gasteiger partial charge in [0.15, 0.2) is 0 Å². The van der Waals surface area contributed by atoms with E-state index >= 15 is 0 Å². The zero-order chi connectivity index (χ0) is 39.6. The molecule has 2 atom stereocenters. The number of likely N-dealkylation sites (tertiary alicyclic amines) is 1. The number of amides is 2. The van der Waals surface area contributed by atoms with E-state index in [9.17, 15) is 22.8 Å². The molecule has 2 amide bonds. The Labute approximate surface area is 327 Å². The van der Waals surface area contributed by atoms with E-state index in [1.165, 1.54) is 7.11 Å². The first kappa shape index (κ1) is 39.3. The van der Waals surface area contributed by atoms with Crippen molar-refractivity contribution >= 4 is 29.2 Å². The zero-order valence-corrected chi connectivity index (χ0v) is 32.1. The molecule has 3 aromatic heterocycles. The first-order chi connectivity index (χ1) is 26.9. The second-order valence-electron chi connectivity index (χ2n) is 14.2. The molecule has 4 N–H and O–H groups in total. The van der Waals surface area contributed by atoms with Crippen LogP contribution in [-0.2, 0) is 35.3 Å². The van der Waals surface area contributed by atoms with Crippen LogP contribution in [0.5, 0.6) is 11.8 Å². The van der Waals surface area contributed by atoms with Crippen LogP contribution in [-0.4, -0.2) is 71.2 Å². The summed E-state index contributed by atoms with van der Waals surface area (Å²) < 4.78 is 54.6. The van der Waals surface area contributed by atoms with Crippen LogP contribution in [0.3, 0.4) is 0 Å². The van der Waals surface area contributed by atoms with E-state index in [1.54, 1.807) is 26.3 Å². The summed E-state index contributed by atoms with van der Waals surface area (Å²) >= 11 is 7.10. The van der Waals surface area contributed by atoms with Crippen molar-refractivity contribution in [2.24, 2.45) is 0 Å². The fourth-order valence-corrected chi connectivity index (χ4v) is 8.08. The minimum atomic E-state index is -4.69. The van der Waals surface area contributed by atoms with Crippen LogP contribution in [0.1, 0.15) is 72.9 Å². The Morgan fingerprint density at radius 3 is 2.39 bits per heavy atom. The Morgan fingerprint density at radius 2 is 1.70 bits per heavy atom. The Bertz CT molecular complexity index is 2110. The van der Waals surface area contributed by atoms with Gasteiger partial charge in [0.1, 0.15) is 5.82 Å². The van der Waals surface area contributed by atoms with E-state index < -0.39 is 17.8 Å². The largest absolute Gasteiger partial charge is 0.481 e.